The predicted molar refractivity (Wildman–Crippen MR) is 57.7 cm³/mol. The number of nitrogens with zero attached hydrogens (tertiary/aromatic N) is 1. The number of hydrogen-bond acceptors (Lipinski definition) is 2. The lowest BCUT2D eigenvalue weighted by Gasteiger charge is -2.15. The maximum atomic E-state index is 13.5. The van der Waals surface area contributed by atoms with Gasteiger partial charge in [-0.15, -0.1) is 0 Å². The van der Waals surface area contributed by atoms with E-state index < -0.39 is 11.9 Å². The highest BCUT2D eigenvalue weighted by atomic mass is 19.1. The van der Waals surface area contributed by atoms with E-state index in [1.807, 2.05) is 0 Å². The molecule has 1 aromatic rings. The summed E-state index contributed by atoms with van der Waals surface area (Å²) >= 11 is 0. The molecule has 3 nitrogen and oxygen atoms in total. The van der Waals surface area contributed by atoms with Crippen LogP contribution in [0.4, 0.5) is 4.39 Å². The van der Waals surface area contributed by atoms with Crippen LogP contribution in [0.2, 0.25) is 0 Å². The summed E-state index contributed by atoms with van der Waals surface area (Å²) in [5.74, 6) is -0.833. The van der Waals surface area contributed by atoms with Gasteiger partial charge in [-0.05, 0) is 31.0 Å². The Kier molecular flexibility index (Phi) is 2.92. The molecule has 1 N–H and O–H groups in total. The molecule has 86 valence electrons. The molecule has 1 heterocycles. The van der Waals surface area contributed by atoms with Crippen molar-refractivity contribution in [2.24, 2.45) is 0 Å². The van der Waals surface area contributed by atoms with Gasteiger partial charge in [0.1, 0.15) is 5.82 Å². The van der Waals surface area contributed by atoms with E-state index in [4.69, 9.17) is 0 Å². The van der Waals surface area contributed by atoms with Crippen molar-refractivity contribution in [2.45, 2.75) is 19.4 Å². The van der Waals surface area contributed by atoms with Crippen molar-refractivity contribution < 1.29 is 14.3 Å². The monoisotopic (exact) mass is 223 g/mol. The maximum absolute atomic E-state index is 13.5. The van der Waals surface area contributed by atoms with Gasteiger partial charge in [0, 0.05) is 13.1 Å². The van der Waals surface area contributed by atoms with E-state index in [1.54, 1.807) is 13.0 Å². The lowest BCUT2D eigenvalue weighted by Crippen LogP contribution is -2.30. The zero-order valence-corrected chi connectivity index (χ0v) is 9.11. The number of hydrogen-bond donors (Lipinski definition) is 1. The van der Waals surface area contributed by atoms with Crippen LogP contribution < -0.4 is 0 Å². The van der Waals surface area contributed by atoms with Gasteiger partial charge in [-0.25, -0.2) is 4.39 Å². The Morgan fingerprint density at radius 3 is 2.88 bits per heavy atom. The first kappa shape index (κ1) is 11.1. The fraction of sp³-hybridized carbons (Fsp3) is 0.417. The summed E-state index contributed by atoms with van der Waals surface area (Å²) in [4.78, 5) is 13.4. The molecule has 2 rings (SSSR count). The molecule has 1 aromatic carbocycles. The minimum atomic E-state index is -0.494. The smallest absolute Gasteiger partial charge is 0.256 e. The van der Waals surface area contributed by atoms with Crippen LogP contribution in [-0.2, 0) is 0 Å². The van der Waals surface area contributed by atoms with Crippen molar-refractivity contribution in [3.8, 4) is 0 Å². The second kappa shape index (κ2) is 4.22. The summed E-state index contributed by atoms with van der Waals surface area (Å²) in [5, 5.41) is 9.32. The Hall–Kier alpha value is -1.42. The molecule has 1 fully saturated rings. The summed E-state index contributed by atoms with van der Waals surface area (Å²) < 4.78 is 13.5. The molecule has 0 spiro atoms. The van der Waals surface area contributed by atoms with Gasteiger partial charge in [-0.2, -0.15) is 0 Å². The summed E-state index contributed by atoms with van der Waals surface area (Å²) in [7, 11) is 0. The van der Waals surface area contributed by atoms with Gasteiger partial charge in [-0.1, -0.05) is 6.07 Å². The highest BCUT2D eigenvalue weighted by Crippen LogP contribution is 2.16. The highest BCUT2D eigenvalue weighted by Gasteiger charge is 2.26. The molecule has 0 unspecified atom stereocenters. The van der Waals surface area contributed by atoms with Gasteiger partial charge in [0.25, 0.3) is 5.91 Å². The first-order chi connectivity index (χ1) is 7.58. The number of halogens is 1. The van der Waals surface area contributed by atoms with Crippen molar-refractivity contribution in [3.63, 3.8) is 0 Å². The van der Waals surface area contributed by atoms with E-state index in [0.717, 1.165) is 5.56 Å². The van der Waals surface area contributed by atoms with Crippen LogP contribution >= 0.6 is 0 Å². The minimum absolute atomic E-state index is 0.0831. The van der Waals surface area contributed by atoms with Crippen LogP contribution in [0.25, 0.3) is 0 Å². The molecular weight excluding hydrogens is 209 g/mol. The molecule has 0 aromatic heterocycles. The van der Waals surface area contributed by atoms with Crippen LogP contribution in [0, 0.1) is 12.7 Å². The average Bonchev–Trinajstić information content (AvgIpc) is 2.64. The Morgan fingerprint density at radius 2 is 2.31 bits per heavy atom. The number of benzene rings is 1. The van der Waals surface area contributed by atoms with Crippen LogP contribution in [0.1, 0.15) is 22.3 Å². The Labute approximate surface area is 93.5 Å². The molecule has 16 heavy (non-hydrogen) atoms. The molecule has 0 aliphatic carbocycles. The molecular formula is C12H14FNO2. The number of aliphatic hydroxyl groups excluding tert-OH is 1. The van der Waals surface area contributed by atoms with E-state index in [-0.39, 0.29) is 11.5 Å². The molecule has 4 heteroatoms. The van der Waals surface area contributed by atoms with Gasteiger partial charge in [0.15, 0.2) is 0 Å². The second-order valence-corrected chi connectivity index (χ2v) is 4.18. The SMILES string of the molecule is Cc1ccc(C(=O)N2CC[C@H](O)C2)c(F)c1. The fourth-order valence-electron chi connectivity index (χ4n) is 1.89. The number of rotatable bonds is 1. The van der Waals surface area contributed by atoms with Crippen LogP contribution in [0.5, 0.6) is 0 Å². The quantitative estimate of drug-likeness (QED) is 0.780. The summed E-state index contributed by atoms with van der Waals surface area (Å²) in [6.45, 7) is 2.57. The molecule has 1 aliphatic rings. The number of carbonyl (C=O) groups is 1. The number of amides is 1. The molecule has 1 amide bonds. The summed E-state index contributed by atoms with van der Waals surface area (Å²) in [5.41, 5.74) is 0.871. The molecule has 0 bridgehead atoms. The molecule has 1 aliphatic heterocycles. The predicted octanol–water partition coefficient (Wildman–Crippen LogP) is 1.34. The normalized spacial score (nSPS) is 20.2. The number of aryl methyl sites for hydroxylation is 1. The first-order valence-corrected chi connectivity index (χ1v) is 5.31. The first-order valence-electron chi connectivity index (χ1n) is 5.31. The average molecular weight is 223 g/mol. The highest BCUT2D eigenvalue weighted by molar-refractivity contribution is 5.94. The third-order valence-electron chi connectivity index (χ3n) is 2.81. The Bertz CT molecular complexity index is 419. The van der Waals surface area contributed by atoms with Gasteiger partial charge >= 0.3 is 0 Å². The van der Waals surface area contributed by atoms with E-state index in [1.165, 1.54) is 17.0 Å². The van der Waals surface area contributed by atoms with Gasteiger partial charge in [0.2, 0.25) is 0 Å². The lowest BCUT2D eigenvalue weighted by atomic mass is 10.1. The third-order valence-corrected chi connectivity index (χ3v) is 2.81. The molecule has 0 radical (unpaired) electrons. The standard InChI is InChI=1S/C12H14FNO2/c1-8-2-3-10(11(13)6-8)12(16)14-5-4-9(15)7-14/h2-3,6,9,15H,4-5,7H2,1H3/t9-/m0/s1. The van der Waals surface area contributed by atoms with E-state index in [2.05, 4.69) is 0 Å². The summed E-state index contributed by atoms with van der Waals surface area (Å²) in [6.07, 6.45) is 0.0941. The van der Waals surface area contributed by atoms with Crippen molar-refractivity contribution in [2.75, 3.05) is 13.1 Å². The fourth-order valence-corrected chi connectivity index (χ4v) is 1.89. The zero-order chi connectivity index (χ0) is 11.7. The minimum Gasteiger partial charge on any atom is -0.391 e. The van der Waals surface area contributed by atoms with E-state index >= 15 is 0 Å². The van der Waals surface area contributed by atoms with Crippen LogP contribution in [-0.4, -0.2) is 35.1 Å². The third kappa shape index (κ3) is 2.07. The number of β-amino-alcohol motifs (C(OH)–C–C–N with tert-alkyl or cyclic N) is 1. The molecule has 1 atom stereocenters. The van der Waals surface area contributed by atoms with Crippen LogP contribution in [0.3, 0.4) is 0 Å². The summed E-state index contributed by atoms with van der Waals surface area (Å²) in [6, 6.07) is 4.56. The Morgan fingerprint density at radius 1 is 1.56 bits per heavy atom. The van der Waals surface area contributed by atoms with Crippen molar-refractivity contribution in [3.05, 3.63) is 35.1 Å². The maximum Gasteiger partial charge on any atom is 0.256 e. The lowest BCUT2D eigenvalue weighted by molar-refractivity contribution is 0.0760. The van der Waals surface area contributed by atoms with Gasteiger partial charge in [0.05, 0.1) is 11.7 Å². The van der Waals surface area contributed by atoms with Gasteiger partial charge in [-0.3, -0.25) is 4.79 Å². The van der Waals surface area contributed by atoms with Crippen molar-refractivity contribution in [1.82, 2.24) is 4.90 Å². The number of likely N-dealkylation sites (tertiary alicyclic amines) is 1. The van der Waals surface area contributed by atoms with E-state index in [0.29, 0.717) is 19.5 Å². The largest absolute Gasteiger partial charge is 0.391 e. The molecule has 0 saturated carbocycles. The second-order valence-electron chi connectivity index (χ2n) is 4.18. The zero-order valence-electron chi connectivity index (χ0n) is 9.11. The molecule has 1 saturated heterocycles. The number of aliphatic hydroxyl groups is 1. The van der Waals surface area contributed by atoms with Crippen molar-refractivity contribution >= 4 is 5.91 Å². The topological polar surface area (TPSA) is 40.5 Å². The van der Waals surface area contributed by atoms with E-state index in [9.17, 15) is 14.3 Å². The van der Waals surface area contributed by atoms with Crippen molar-refractivity contribution in [1.29, 1.82) is 0 Å². The number of carbonyl (C=O) groups excluding carboxylic acids is 1. The van der Waals surface area contributed by atoms with Crippen LogP contribution in [0.15, 0.2) is 18.2 Å². The Balaban J connectivity index is 2.21. The van der Waals surface area contributed by atoms with Gasteiger partial charge < -0.3 is 10.0 Å².